The fourth-order valence-corrected chi connectivity index (χ4v) is 3.69. The highest BCUT2D eigenvalue weighted by atomic mass is 79.9. The molecule has 1 aromatic carbocycles. The van der Waals surface area contributed by atoms with E-state index in [-0.39, 0.29) is 17.9 Å². The number of carbonyl (C=O) groups is 1. The van der Waals surface area contributed by atoms with Gasteiger partial charge in [0.05, 0.1) is 6.10 Å². The Labute approximate surface area is 121 Å². The largest absolute Gasteiger partial charge is 0.393 e. The Morgan fingerprint density at radius 3 is 2.84 bits per heavy atom. The smallest absolute Gasteiger partial charge is 0.253 e. The summed E-state index contributed by atoms with van der Waals surface area (Å²) in [5, 5.41) is 9.90. The van der Waals surface area contributed by atoms with E-state index < -0.39 is 0 Å². The third-order valence-corrected chi connectivity index (χ3v) is 5.38. The number of rotatable bonds is 1. The molecule has 3 nitrogen and oxygen atoms in total. The molecule has 0 radical (unpaired) electrons. The van der Waals surface area contributed by atoms with Crippen molar-refractivity contribution in [3.8, 4) is 0 Å². The van der Waals surface area contributed by atoms with Gasteiger partial charge in [-0.15, -0.1) is 0 Å². The molecule has 1 amide bonds. The molecule has 3 rings (SSSR count). The molecule has 1 aliphatic carbocycles. The van der Waals surface area contributed by atoms with Crippen molar-refractivity contribution < 1.29 is 9.90 Å². The summed E-state index contributed by atoms with van der Waals surface area (Å²) in [4.78, 5) is 14.4. The van der Waals surface area contributed by atoms with Crippen LogP contribution in [0.25, 0.3) is 0 Å². The zero-order valence-corrected chi connectivity index (χ0v) is 12.6. The molecule has 19 heavy (non-hydrogen) atoms. The van der Waals surface area contributed by atoms with Crippen molar-refractivity contribution >= 4 is 21.8 Å². The maximum absolute atomic E-state index is 12.5. The van der Waals surface area contributed by atoms with Gasteiger partial charge in [-0.3, -0.25) is 4.79 Å². The molecule has 1 N–H and O–H groups in total. The van der Waals surface area contributed by atoms with E-state index in [0.717, 1.165) is 35.0 Å². The van der Waals surface area contributed by atoms with Crippen LogP contribution >= 0.6 is 15.9 Å². The van der Waals surface area contributed by atoms with E-state index in [9.17, 15) is 9.90 Å². The Kier molecular flexibility index (Phi) is 3.39. The van der Waals surface area contributed by atoms with Crippen LogP contribution in [0.15, 0.2) is 22.7 Å². The van der Waals surface area contributed by atoms with Crippen LogP contribution in [-0.2, 0) is 0 Å². The fourth-order valence-electron chi connectivity index (χ4n) is 3.31. The number of likely N-dealkylation sites (tertiary alicyclic amines) is 1. The van der Waals surface area contributed by atoms with Gasteiger partial charge in [0.2, 0.25) is 0 Å². The summed E-state index contributed by atoms with van der Waals surface area (Å²) in [6.45, 7) is 3.51. The molecule has 1 saturated carbocycles. The first kappa shape index (κ1) is 13.1. The topological polar surface area (TPSA) is 40.5 Å². The van der Waals surface area contributed by atoms with Crippen LogP contribution < -0.4 is 0 Å². The lowest BCUT2D eigenvalue weighted by molar-refractivity contribution is 0.0752. The monoisotopic (exact) mass is 323 g/mol. The lowest BCUT2D eigenvalue weighted by atomic mass is 10.00. The molecule has 2 fully saturated rings. The minimum atomic E-state index is -0.215. The van der Waals surface area contributed by atoms with Crippen LogP contribution in [0, 0.1) is 18.8 Å². The van der Waals surface area contributed by atoms with Crippen molar-refractivity contribution in [1.82, 2.24) is 4.90 Å². The Bertz CT molecular complexity index is 517. The summed E-state index contributed by atoms with van der Waals surface area (Å²) in [5.74, 6) is 0.868. The molecule has 102 valence electrons. The zero-order chi connectivity index (χ0) is 13.6. The fraction of sp³-hybridized carbons (Fsp3) is 0.533. The van der Waals surface area contributed by atoms with Crippen LogP contribution in [0.1, 0.15) is 28.8 Å². The van der Waals surface area contributed by atoms with Gasteiger partial charge >= 0.3 is 0 Å². The number of aryl methyl sites for hydroxylation is 1. The zero-order valence-electron chi connectivity index (χ0n) is 11.0. The first-order chi connectivity index (χ1) is 9.06. The van der Waals surface area contributed by atoms with Gasteiger partial charge in [-0.1, -0.05) is 22.0 Å². The average Bonchev–Trinajstić information content (AvgIpc) is 2.95. The van der Waals surface area contributed by atoms with Crippen molar-refractivity contribution in [2.75, 3.05) is 13.1 Å². The number of aliphatic hydroxyl groups excluding tert-OH is 1. The van der Waals surface area contributed by atoms with Crippen molar-refractivity contribution in [2.24, 2.45) is 11.8 Å². The minimum absolute atomic E-state index is 0.0855. The van der Waals surface area contributed by atoms with Gasteiger partial charge in [0.15, 0.2) is 0 Å². The first-order valence-electron chi connectivity index (χ1n) is 6.80. The second-order valence-corrected chi connectivity index (χ2v) is 6.60. The molecule has 1 aromatic rings. The number of halogens is 1. The van der Waals surface area contributed by atoms with Crippen molar-refractivity contribution in [3.63, 3.8) is 0 Å². The van der Waals surface area contributed by atoms with Gasteiger partial charge < -0.3 is 10.0 Å². The van der Waals surface area contributed by atoms with Crippen LogP contribution in [0.4, 0.5) is 0 Å². The average molecular weight is 324 g/mol. The van der Waals surface area contributed by atoms with Crippen molar-refractivity contribution in [3.05, 3.63) is 33.8 Å². The van der Waals surface area contributed by atoms with Crippen LogP contribution in [0.3, 0.4) is 0 Å². The number of aliphatic hydroxyl groups is 1. The highest BCUT2D eigenvalue weighted by molar-refractivity contribution is 9.10. The third kappa shape index (κ3) is 2.32. The van der Waals surface area contributed by atoms with Crippen LogP contribution in [0.5, 0.6) is 0 Å². The number of hydrogen-bond acceptors (Lipinski definition) is 2. The van der Waals surface area contributed by atoms with E-state index >= 15 is 0 Å². The molecule has 0 aromatic heterocycles. The van der Waals surface area contributed by atoms with Crippen molar-refractivity contribution in [2.45, 2.75) is 25.9 Å². The van der Waals surface area contributed by atoms with Gasteiger partial charge in [-0.05, 0) is 43.4 Å². The highest BCUT2D eigenvalue weighted by Gasteiger charge is 2.43. The Balaban J connectivity index is 1.76. The second kappa shape index (κ2) is 4.91. The summed E-state index contributed by atoms with van der Waals surface area (Å²) < 4.78 is 0.970. The molecule has 1 saturated heterocycles. The SMILES string of the molecule is Cc1ccc(C(=O)N2CC3CCC(O)C3C2)cc1Br. The minimum Gasteiger partial charge on any atom is -0.393 e. The normalized spacial score (nSPS) is 29.6. The van der Waals surface area contributed by atoms with E-state index in [1.54, 1.807) is 0 Å². The van der Waals surface area contributed by atoms with Crippen LogP contribution in [-0.4, -0.2) is 35.1 Å². The summed E-state index contributed by atoms with van der Waals surface area (Å²) in [6, 6.07) is 5.73. The maximum Gasteiger partial charge on any atom is 0.253 e. The molecular formula is C15H18BrNO2. The predicted octanol–water partition coefficient (Wildman–Crippen LogP) is 2.60. The van der Waals surface area contributed by atoms with E-state index in [2.05, 4.69) is 15.9 Å². The summed E-state index contributed by atoms with van der Waals surface area (Å²) in [7, 11) is 0. The van der Waals surface area contributed by atoms with Gasteiger partial charge in [0.1, 0.15) is 0 Å². The Hall–Kier alpha value is -0.870. The van der Waals surface area contributed by atoms with Gasteiger partial charge in [0, 0.05) is 29.0 Å². The summed E-state index contributed by atoms with van der Waals surface area (Å²) in [5.41, 5.74) is 1.86. The van der Waals surface area contributed by atoms with Crippen molar-refractivity contribution in [1.29, 1.82) is 0 Å². The van der Waals surface area contributed by atoms with E-state index in [4.69, 9.17) is 0 Å². The molecular weight excluding hydrogens is 306 g/mol. The molecule has 1 heterocycles. The number of nitrogens with zero attached hydrogens (tertiary/aromatic N) is 1. The van der Waals surface area contributed by atoms with E-state index in [1.165, 1.54) is 0 Å². The number of benzene rings is 1. The summed E-state index contributed by atoms with van der Waals surface area (Å²) in [6.07, 6.45) is 1.73. The van der Waals surface area contributed by atoms with Crippen LogP contribution in [0.2, 0.25) is 0 Å². The molecule has 3 atom stereocenters. The standard InChI is InChI=1S/C15H18BrNO2/c1-9-2-3-10(6-13(9)16)15(19)17-7-11-4-5-14(18)12(11)8-17/h2-3,6,11-12,14,18H,4-5,7-8H2,1H3. The maximum atomic E-state index is 12.5. The number of carbonyl (C=O) groups excluding carboxylic acids is 1. The van der Waals surface area contributed by atoms with Gasteiger partial charge in [-0.25, -0.2) is 0 Å². The van der Waals surface area contributed by atoms with Gasteiger partial charge in [-0.2, -0.15) is 0 Å². The molecule has 0 spiro atoms. The molecule has 1 aliphatic heterocycles. The van der Waals surface area contributed by atoms with Gasteiger partial charge in [0.25, 0.3) is 5.91 Å². The highest BCUT2D eigenvalue weighted by Crippen LogP contribution is 2.38. The lowest BCUT2D eigenvalue weighted by Crippen LogP contribution is -2.31. The van der Waals surface area contributed by atoms with E-state index in [0.29, 0.717) is 12.5 Å². The number of hydrogen-bond donors (Lipinski definition) is 1. The molecule has 4 heteroatoms. The van der Waals surface area contributed by atoms with E-state index in [1.807, 2.05) is 30.0 Å². The molecule has 3 unspecified atom stereocenters. The lowest BCUT2D eigenvalue weighted by Gasteiger charge is -2.18. The number of amides is 1. The first-order valence-corrected chi connectivity index (χ1v) is 7.59. The Morgan fingerprint density at radius 1 is 1.37 bits per heavy atom. The number of fused-ring (bicyclic) bond motifs is 1. The molecule has 2 aliphatic rings. The summed E-state index contributed by atoms with van der Waals surface area (Å²) >= 11 is 3.47. The third-order valence-electron chi connectivity index (χ3n) is 4.53. The second-order valence-electron chi connectivity index (χ2n) is 5.74. The quantitative estimate of drug-likeness (QED) is 0.863. The predicted molar refractivity (Wildman–Crippen MR) is 77.0 cm³/mol. The Morgan fingerprint density at radius 2 is 2.16 bits per heavy atom. The molecule has 0 bridgehead atoms.